The Morgan fingerprint density at radius 1 is 0.808 bits per heavy atom. The number of aliphatic hydroxyl groups is 2. The zero-order valence-corrected chi connectivity index (χ0v) is 30.2. The van der Waals surface area contributed by atoms with Crippen LogP contribution in [0.4, 0.5) is 0 Å². The van der Waals surface area contributed by atoms with Crippen LogP contribution in [0.3, 0.4) is 0 Å². The average Bonchev–Trinajstić information content (AvgIpc) is 3.58. The van der Waals surface area contributed by atoms with E-state index in [2.05, 4.69) is 31.9 Å². The lowest BCUT2D eigenvalue weighted by atomic mass is 10.0. The number of carbonyl (C=O) groups is 9. The Hall–Kier alpha value is -4.54. The van der Waals surface area contributed by atoms with Crippen molar-refractivity contribution in [3.05, 3.63) is 0 Å². The van der Waals surface area contributed by atoms with E-state index in [1.807, 2.05) is 0 Å². The molecule has 294 valence electrons. The van der Waals surface area contributed by atoms with Crippen molar-refractivity contribution in [2.24, 2.45) is 17.4 Å². The van der Waals surface area contributed by atoms with Gasteiger partial charge in [0.15, 0.2) is 0 Å². The van der Waals surface area contributed by atoms with E-state index in [4.69, 9.17) is 11.5 Å². The summed E-state index contributed by atoms with van der Waals surface area (Å²) in [7, 11) is 0. The molecule has 1 rings (SSSR count). The van der Waals surface area contributed by atoms with Gasteiger partial charge in [-0.2, -0.15) is 11.8 Å². The van der Waals surface area contributed by atoms with Gasteiger partial charge in [-0.15, -0.1) is 0 Å². The number of rotatable bonds is 23. The molecule has 0 unspecified atom stereocenters. The first kappa shape index (κ1) is 45.5. The van der Waals surface area contributed by atoms with Crippen LogP contribution in [-0.4, -0.2) is 155 Å². The fourth-order valence-electron chi connectivity index (χ4n) is 4.98. The molecule has 0 saturated carbocycles. The number of nitrogens with one attached hydrogen (secondary N) is 6. The molecule has 0 spiro atoms. The summed E-state index contributed by atoms with van der Waals surface area (Å²) in [6.07, 6.45) is 2.09. The van der Waals surface area contributed by atoms with Gasteiger partial charge in [0.1, 0.15) is 30.2 Å². The molecule has 0 aromatic carbocycles. The van der Waals surface area contributed by atoms with Gasteiger partial charge in [0.2, 0.25) is 47.3 Å². The van der Waals surface area contributed by atoms with E-state index in [0.717, 1.165) is 4.90 Å². The summed E-state index contributed by atoms with van der Waals surface area (Å²) in [5.41, 5.74) is 10.7. The molecule has 0 bridgehead atoms. The number of likely N-dealkylation sites (tertiary alicyclic amines) is 1. The first-order valence-electron chi connectivity index (χ1n) is 16.5. The molecule has 1 fully saturated rings. The Labute approximate surface area is 304 Å². The number of amides is 8. The van der Waals surface area contributed by atoms with Gasteiger partial charge < -0.3 is 63.6 Å². The quantitative estimate of drug-likeness (QED) is 0.0462. The van der Waals surface area contributed by atoms with Crippen LogP contribution in [-0.2, 0) is 43.2 Å². The number of primary amides is 1. The minimum atomic E-state index is -1.55. The van der Waals surface area contributed by atoms with Crippen molar-refractivity contribution >= 4 is 65.0 Å². The standard InChI is InChI=1S/C30H51N9O12S/c1-15(2)9-18(36-28(48)21-5-4-7-39(21)29(49)20(14-41)38-25(45)16(31)10-22(32)42)27(47)37-19(13-40)26(46)34-11-23(43)33-12-24(44)35-17(30(50)51)6-8-52-3/h15-21,40-41H,4-14,31H2,1-3H3,(H2,32,42)(H,33,43)(H,34,46)(H,35,44)(H,36,48)(H,37,47)(H,38,45)(H,50,51)/t16-,17-,18-,19-,20-,21-/m0/s1. The Balaban J connectivity index is 2.83. The molecule has 1 aliphatic heterocycles. The normalized spacial score (nSPS) is 16.8. The Morgan fingerprint density at radius 3 is 1.98 bits per heavy atom. The molecule has 1 saturated heterocycles. The van der Waals surface area contributed by atoms with Gasteiger partial charge in [-0.1, -0.05) is 13.8 Å². The molecule has 0 aliphatic carbocycles. The smallest absolute Gasteiger partial charge is 0.326 e. The molecule has 1 aliphatic rings. The van der Waals surface area contributed by atoms with Crippen LogP contribution in [0.1, 0.15) is 46.0 Å². The molecule has 22 heteroatoms. The highest BCUT2D eigenvalue weighted by Gasteiger charge is 2.39. The number of aliphatic hydroxyl groups excluding tert-OH is 2. The molecule has 21 nitrogen and oxygen atoms in total. The summed E-state index contributed by atoms with van der Waals surface area (Å²) >= 11 is 1.40. The van der Waals surface area contributed by atoms with Gasteiger partial charge in [-0.05, 0) is 43.6 Å². The van der Waals surface area contributed by atoms with E-state index in [1.54, 1.807) is 20.1 Å². The topological polar surface area (TPSA) is 342 Å². The number of hydrogen-bond acceptors (Lipinski definition) is 13. The van der Waals surface area contributed by atoms with Gasteiger partial charge in [0.05, 0.1) is 38.8 Å². The highest BCUT2D eigenvalue weighted by Crippen LogP contribution is 2.19. The lowest BCUT2D eigenvalue weighted by molar-refractivity contribution is -0.143. The van der Waals surface area contributed by atoms with Crippen LogP contribution < -0.4 is 43.4 Å². The van der Waals surface area contributed by atoms with E-state index in [1.165, 1.54) is 11.8 Å². The maximum absolute atomic E-state index is 13.4. The molecule has 8 amide bonds. The van der Waals surface area contributed by atoms with Crippen molar-refractivity contribution in [1.82, 2.24) is 36.8 Å². The second-order valence-corrected chi connectivity index (χ2v) is 13.4. The number of carboxylic acids is 1. The number of nitrogens with two attached hydrogens (primary N) is 2. The van der Waals surface area contributed by atoms with E-state index >= 15 is 0 Å². The Morgan fingerprint density at radius 2 is 1.42 bits per heavy atom. The molecule has 6 atom stereocenters. The van der Waals surface area contributed by atoms with E-state index < -0.39 is 122 Å². The van der Waals surface area contributed by atoms with Crippen molar-refractivity contribution in [3.8, 4) is 0 Å². The molecule has 52 heavy (non-hydrogen) atoms. The number of aliphatic carboxylic acids is 1. The van der Waals surface area contributed by atoms with Gasteiger partial charge >= 0.3 is 5.97 Å². The van der Waals surface area contributed by atoms with Crippen molar-refractivity contribution in [2.75, 3.05) is 44.9 Å². The third kappa shape index (κ3) is 15.8. The largest absolute Gasteiger partial charge is 0.480 e. The third-order valence-corrected chi connectivity index (χ3v) is 8.31. The van der Waals surface area contributed by atoms with Crippen LogP contribution in [0.15, 0.2) is 0 Å². The molecule has 1 heterocycles. The minimum Gasteiger partial charge on any atom is -0.480 e. The first-order valence-corrected chi connectivity index (χ1v) is 17.9. The lowest BCUT2D eigenvalue weighted by Gasteiger charge is -2.30. The zero-order chi connectivity index (χ0) is 39.5. The van der Waals surface area contributed by atoms with Gasteiger partial charge in [-0.3, -0.25) is 38.4 Å². The molecular formula is C30H51N9O12S. The van der Waals surface area contributed by atoms with Gasteiger partial charge in [-0.25, -0.2) is 4.79 Å². The third-order valence-electron chi connectivity index (χ3n) is 7.66. The number of carboxylic acid groups (broad SMARTS) is 1. The van der Waals surface area contributed by atoms with Gasteiger partial charge in [0.25, 0.3) is 0 Å². The predicted molar refractivity (Wildman–Crippen MR) is 185 cm³/mol. The van der Waals surface area contributed by atoms with Crippen molar-refractivity contribution in [2.45, 2.75) is 82.2 Å². The molecule has 0 aromatic heterocycles. The van der Waals surface area contributed by atoms with Crippen molar-refractivity contribution in [1.29, 1.82) is 0 Å². The summed E-state index contributed by atoms with van der Waals surface area (Å²) in [6, 6.07) is -7.89. The summed E-state index contributed by atoms with van der Waals surface area (Å²) in [5, 5.41) is 42.7. The molecule has 13 N–H and O–H groups in total. The molecule has 0 aromatic rings. The van der Waals surface area contributed by atoms with Crippen LogP contribution in [0.25, 0.3) is 0 Å². The maximum atomic E-state index is 13.4. The second-order valence-electron chi connectivity index (χ2n) is 12.4. The number of carbonyl (C=O) groups excluding carboxylic acids is 8. The number of thioether (sulfide) groups is 1. The monoisotopic (exact) mass is 761 g/mol. The SMILES string of the molecule is CSCC[C@H](NC(=O)CNC(=O)CNC(=O)[C@H](CO)NC(=O)[C@H](CC(C)C)NC(=O)[C@@H]1CCCN1C(=O)[C@H](CO)NC(=O)[C@@H](N)CC(N)=O)C(=O)O. The summed E-state index contributed by atoms with van der Waals surface area (Å²) in [4.78, 5) is 113. The van der Waals surface area contributed by atoms with Crippen LogP contribution in [0, 0.1) is 5.92 Å². The Bertz CT molecular complexity index is 1300. The number of hydrogen-bond donors (Lipinski definition) is 11. The average molecular weight is 762 g/mol. The van der Waals surface area contributed by atoms with Crippen molar-refractivity contribution < 1.29 is 58.5 Å². The highest BCUT2D eigenvalue weighted by atomic mass is 32.2. The first-order chi connectivity index (χ1) is 24.4. The molecular weight excluding hydrogens is 710 g/mol. The van der Waals surface area contributed by atoms with Gasteiger partial charge in [0, 0.05) is 6.54 Å². The summed E-state index contributed by atoms with van der Waals surface area (Å²) in [5.74, 6) is -7.62. The van der Waals surface area contributed by atoms with Crippen LogP contribution in [0.5, 0.6) is 0 Å². The molecule has 0 radical (unpaired) electrons. The second kappa shape index (κ2) is 23.1. The maximum Gasteiger partial charge on any atom is 0.326 e. The highest BCUT2D eigenvalue weighted by molar-refractivity contribution is 7.98. The minimum absolute atomic E-state index is 0.0789. The van der Waals surface area contributed by atoms with E-state index in [-0.39, 0.29) is 31.7 Å². The van der Waals surface area contributed by atoms with Crippen LogP contribution in [0.2, 0.25) is 0 Å². The van der Waals surface area contributed by atoms with Crippen molar-refractivity contribution in [3.63, 3.8) is 0 Å². The predicted octanol–water partition coefficient (Wildman–Crippen LogP) is -5.78. The Kier molecular flexibility index (Phi) is 20.2. The fraction of sp³-hybridized carbons (Fsp3) is 0.700. The summed E-state index contributed by atoms with van der Waals surface area (Å²) < 4.78 is 0. The zero-order valence-electron chi connectivity index (χ0n) is 29.3. The van der Waals surface area contributed by atoms with E-state index in [9.17, 15) is 58.5 Å². The summed E-state index contributed by atoms with van der Waals surface area (Å²) in [6.45, 7) is 0.649. The van der Waals surface area contributed by atoms with Crippen LogP contribution >= 0.6 is 11.8 Å². The lowest BCUT2D eigenvalue weighted by Crippen LogP contribution is -2.59. The van der Waals surface area contributed by atoms with E-state index in [0.29, 0.717) is 12.2 Å². The fourth-order valence-corrected chi connectivity index (χ4v) is 5.46. The number of nitrogens with zero attached hydrogens (tertiary/aromatic N) is 1.